The molecular formula is C28H26ClNO. The van der Waals surface area contributed by atoms with Crippen LogP contribution in [0.2, 0.25) is 5.02 Å². The molecule has 2 nitrogen and oxygen atoms in total. The van der Waals surface area contributed by atoms with Crippen molar-refractivity contribution in [2.45, 2.75) is 13.1 Å². The number of nitrogens with zero attached hydrogens (tertiary/aromatic N) is 1. The molecule has 0 aliphatic carbocycles. The first-order chi connectivity index (χ1) is 15.2. The summed E-state index contributed by atoms with van der Waals surface area (Å²) in [6.45, 7) is 1.99. The first-order valence-corrected chi connectivity index (χ1v) is 10.6. The molecular weight excluding hydrogens is 402 g/mol. The van der Waals surface area contributed by atoms with Crippen LogP contribution in [0.25, 0.3) is 11.1 Å². The third-order valence-electron chi connectivity index (χ3n) is 4.83. The topological polar surface area (TPSA) is 20.3 Å². The summed E-state index contributed by atoms with van der Waals surface area (Å²) < 4.78 is 0. The van der Waals surface area contributed by atoms with Gasteiger partial charge in [0.1, 0.15) is 0 Å². The molecule has 0 N–H and O–H groups in total. The van der Waals surface area contributed by atoms with Gasteiger partial charge in [0.2, 0.25) is 0 Å². The predicted octanol–water partition coefficient (Wildman–Crippen LogP) is 7.14. The van der Waals surface area contributed by atoms with Crippen molar-refractivity contribution in [3.63, 3.8) is 0 Å². The average Bonchev–Trinajstić information content (AvgIpc) is 2.81. The SMILES string of the molecule is CN(Cc1ccccc1)Cc1ccccc1.O=Cc1ccccc1-c1ccc(Cl)cc1. The zero-order valence-electron chi connectivity index (χ0n) is 17.6. The summed E-state index contributed by atoms with van der Waals surface area (Å²) in [5, 5.41) is 0.697. The van der Waals surface area contributed by atoms with Crippen LogP contribution in [0.4, 0.5) is 0 Å². The van der Waals surface area contributed by atoms with Gasteiger partial charge in [-0.1, -0.05) is 109 Å². The van der Waals surface area contributed by atoms with Crippen molar-refractivity contribution in [2.75, 3.05) is 7.05 Å². The Morgan fingerprint density at radius 1 is 0.677 bits per heavy atom. The van der Waals surface area contributed by atoms with Gasteiger partial charge >= 0.3 is 0 Å². The highest BCUT2D eigenvalue weighted by Crippen LogP contribution is 2.23. The smallest absolute Gasteiger partial charge is 0.150 e. The van der Waals surface area contributed by atoms with Crippen molar-refractivity contribution in [2.24, 2.45) is 0 Å². The van der Waals surface area contributed by atoms with Crippen molar-refractivity contribution in [3.8, 4) is 11.1 Å². The molecule has 156 valence electrons. The van der Waals surface area contributed by atoms with Gasteiger partial charge in [-0.15, -0.1) is 0 Å². The molecule has 4 aromatic carbocycles. The summed E-state index contributed by atoms with van der Waals surface area (Å²) in [5.74, 6) is 0. The summed E-state index contributed by atoms with van der Waals surface area (Å²) in [4.78, 5) is 13.2. The molecule has 3 heteroatoms. The zero-order valence-corrected chi connectivity index (χ0v) is 18.4. The zero-order chi connectivity index (χ0) is 21.9. The van der Waals surface area contributed by atoms with Gasteiger partial charge in [0, 0.05) is 23.7 Å². The van der Waals surface area contributed by atoms with Crippen molar-refractivity contribution >= 4 is 17.9 Å². The van der Waals surface area contributed by atoms with Gasteiger partial charge in [0.05, 0.1) is 0 Å². The lowest BCUT2D eigenvalue weighted by Gasteiger charge is -2.16. The van der Waals surface area contributed by atoms with E-state index in [1.807, 2.05) is 42.5 Å². The minimum absolute atomic E-state index is 0.694. The number of aldehydes is 1. The standard InChI is InChI=1S/C15H17N.C13H9ClO/c1-16(12-14-8-4-2-5-9-14)13-15-10-6-3-7-11-15;14-12-7-5-10(6-8-12)13-4-2-1-3-11(13)9-15/h2-11H,12-13H2,1H3;1-9H. The Hall–Kier alpha value is -3.20. The lowest BCUT2D eigenvalue weighted by atomic mass is 10.0. The second-order valence-corrected chi connectivity index (χ2v) is 7.79. The molecule has 0 saturated heterocycles. The lowest BCUT2D eigenvalue weighted by Crippen LogP contribution is -2.16. The Labute approximate surface area is 189 Å². The van der Waals surface area contributed by atoms with E-state index in [0.29, 0.717) is 10.6 Å². The molecule has 4 rings (SSSR count). The third kappa shape index (κ3) is 7.21. The van der Waals surface area contributed by atoms with E-state index in [9.17, 15) is 4.79 Å². The average molecular weight is 428 g/mol. The first kappa shape index (κ1) is 22.5. The molecule has 0 aliphatic heterocycles. The number of carbonyl (C=O) groups excluding carboxylic acids is 1. The van der Waals surface area contributed by atoms with Crippen molar-refractivity contribution in [1.29, 1.82) is 0 Å². The van der Waals surface area contributed by atoms with Gasteiger partial charge in [-0.3, -0.25) is 9.69 Å². The number of hydrogen-bond donors (Lipinski definition) is 0. The monoisotopic (exact) mass is 427 g/mol. The van der Waals surface area contributed by atoms with E-state index in [1.54, 1.807) is 6.07 Å². The number of rotatable bonds is 6. The Bertz CT molecular complexity index is 1020. The maximum Gasteiger partial charge on any atom is 0.150 e. The molecule has 0 spiro atoms. The molecule has 0 bridgehead atoms. The number of halogens is 1. The van der Waals surface area contributed by atoms with E-state index in [1.165, 1.54) is 11.1 Å². The van der Waals surface area contributed by atoms with Gasteiger partial charge in [-0.05, 0) is 41.4 Å². The van der Waals surface area contributed by atoms with Crippen LogP contribution in [0, 0.1) is 0 Å². The van der Waals surface area contributed by atoms with Gasteiger partial charge in [-0.25, -0.2) is 0 Å². The predicted molar refractivity (Wildman–Crippen MR) is 130 cm³/mol. The van der Waals surface area contributed by atoms with E-state index >= 15 is 0 Å². The highest BCUT2D eigenvalue weighted by molar-refractivity contribution is 6.30. The van der Waals surface area contributed by atoms with Crippen LogP contribution >= 0.6 is 11.6 Å². The van der Waals surface area contributed by atoms with E-state index in [2.05, 4.69) is 72.6 Å². The minimum Gasteiger partial charge on any atom is -0.298 e. The Morgan fingerprint density at radius 2 is 1.16 bits per heavy atom. The molecule has 0 heterocycles. The number of carbonyl (C=O) groups is 1. The molecule has 0 unspecified atom stereocenters. The van der Waals surface area contributed by atoms with E-state index in [0.717, 1.165) is 30.5 Å². The molecule has 0 atom stereocenters. The van der Waals surface area contributed by atoms with Gasteiger partial charge in [0.25, 0.3) is 0 Å². The van der Waals surface area contributed by atoms with Crippen LogP contribution in [-0.4, -0.2) is 18.2 Å². The summed E-state index contributed by atoms with van der Waals surface area (Å²) in [6, 6.07) is 36.1. The van der Waals surface area contributed by atoms with Gasteiger partial charge in [-0.2, -0.15) is 0 Å². The first-order valence-electron chi connectivity index (χ1n) is 10.2. The molecule has 4 aromatic rings. The quantitative estimate of drug-likeness (QED) is 0.305. The summed E-state index contributed by atoms with van der Waals surface area (Å²) in [5.41, 5.74) is 5.35. The van der Waals surface area contributed by atoms with Crippen LogP contribution in [0.3, 0.4) is 0 Å². The molecule has 0 radical (unpaired) electrons. The van der Waals surface area contributed by atoms with Crippen LogP contribution < -0.4 is 0 Å². The van der Waals surface area contributed by atoms with Crippen LogP contribution in [-0.2, 0) is 13.1 Å². The van der Waals surface area contributed by atoms with Crippen molar-refractivity contribution in [3.05, 3.63) is 131 Å². The highest BCUT2D eigenvalue weighted by Gasteiger charge is 2.03. The van der Waals surface area contributed by atoms with Crippen LogP contribution in [0.15, 0.2) is 109 Å². The van der Waals surface area contributed by atoms with Crippen molar-refractivity contribution < 1.29 is 4.79 Å². The fourth-order valence-electron chi connectivity index (χ4n) is 3.34. The van der Waals surface area contributed by atoms with Crippen LogP contribution in [0.5, 0.6) is 0 Å². The van der Waals surface area contributed by atoms with Gasteiger partial charge < -0.3 is 0 Å². The molecule has 31 heavy (non-hydrogen) atoms. The van der Waals surface area contributed by atoms with E-state index in [4.69, 9.17) is 11.6 Å². The maximum absolute atomic E-state index is 10.8. The minimum atomic E-state index is 0.694. The summed E-state index contributed by atoms with van der Waals surface area (Å²) >= 11 is 5.80. The van der Waals surface area contributed by atoms with Crippen molar-refractivity contribution in [1.82, 2.24) is 4.90 Å². The van der Waals surface area contributed by atoms with Gasteiger partial charge in [0.15, 0.2) is 6.29 Å². The maximum atomic E-state index is 10.8. The Balaban J connectivity index is 0.000000176. The highest BCUT2D eigenvalue weighted by atomic mass is 35.5. The fourth-order valence-corrected chi connectivity index (χ4v) is 3.46. The number of benzene rings is 4. The molecule has 0 amide bonds. The second kappa shape index (κ2) is 11.8. The molecule has 0 aliphatic rings. The molecule has 0 aromatic heterocycles. The largest absolute Gasteiger partial charge is 0.298 e. The van der Waals surface area contributed by atoms with Crippen LogP contribution in [0.1, 0.15) is 21.5 Å². The van der Waals surface area contributed by atoms with E-state index < -0.39 is 0 Å². The normalized spacial score (nSPS) is 10.3. The third-order valence-corrected chi connectivity index (χ3v) is 5.09. The second-order valence-electron chi connectivity index (χ2n) is 7.36. The summed E-state index contributed by atoms with van der Waals surface area (Å²) in [6.07, 6.45) is 0.865. The Kier molecular flexibility index (Phi) is 8.59. The number of hydrogen-bond acceptors (Lipinski definition) is 2. The summed E-state index contributed by atoms with van der Waals surface area (Å²) in [7, 11) is 2.15. The Morgan fingerprint density at radius 3 is 1.68 bits per heavy atom. The van der Waals surface area contributed by atoms with E-state index in [-0.39, 0.29) is 0 Å². The molecule has 0 fully saturated rings. The fraction of sp³-hybridized carbons (Fsp3) is 0.107. The lowest BCUT2D eigenvalue weighted by molar-refractivity contribution is 0.112. The molecule has 0 saturated carbocycles.